The van der Waals surface area contributed by atoms with Crippen molar-refractivity contribution >= 4 is 23.2 Å². The molecule has 4 nitrogen and oxygen atoms in total. The number of carbonyl (C=O) groups excluding carboxylic acids is 2. The van der Waals surface area contributed by atoms with E-state index in [4.69, 9.17) is 0 Å². The number of rotatable bonds is 3. The highest BCUT2D eigenvalue weighted by atomic mass is 19.4. The van der Waals surface area contributed by atoms with E-state index in [0.717, 1.165) is 22.9 Å². The third kappa shape index (κ3) is 3.97. The van der Waals surface area contributed by atoms with E-state index in [0.29, 0.717) is 0 Å². The Labute approximate surface area is 155 Å². The summed E-state index contributed by atoms with van der Waals surface area (Å²) in [4.78, 5) is 26.4. The van der Waals surface area contributed by atoms with E-state index in [1.165, 1.54) is 23.1 Å². The molecule has 1 heterocycles. The second-order valence-corrected chi connectivity index (χ2v) is 6.73. The predicted molar refractivity (Wildman–Crippen MR) is 96.4 cm³/mol. The second-order valence-electron chi connectivity index (χ2n) is 6.73. The van der Waals surface area contributed by atoms with Crippen molar-refractivity contribution in [1.82, 2.24) is 0 Å². The molecule has 0 aromatic heterocycles. The molecule has 2 aromatic carbocycles. The Hall–Kier alpha value is -2.83. The molecule has 1 atom stereocenters. The maximum absolute atomic E-state index is 13.1. The van der Waals surface area contributed by atoms with Gasteiger partial charge in [-0.1, -0.05) is 29.8 Å². The normalized spacial score (nSPS) is 17.3. The van der Waals surface area contributed by atoms with E-state index < -0.39 is 23.6 Å². The highest BCUT2D eigenvalue weighted by Crippen LogP contribution is 2.35. The van der Waals surface area contributed by atoms with Crippen molar-refractivity contribution in [2.24, 2.45) is 5.92 Å². The largest absolute Gasteiger partial charge is 0.418 e. The van der Waals surface area contributed by atoms with Crippen LogP contribution in [0.25, 0.3) is 0 Å². The molecule has 1 saturated heterocycles. The van der Waals surface area contributed by atoms with Crippen molar-refractivity contribution < 1.29 is 22.8 Å². The van der Waals surface area contributed by atoms with E-state index in [-0.39, 0.29) is 24.6 Å². The third-order valence-electron chi connectivity index (χ3n) is 4.63. The molecular formula is C20H19F3N2O2. The number of aryl methyl sites for hydroxylation is 2. The van der Waals surface area contributed by atoms with E-state index >= 15 is 0 Å². The number of amides is 2. The van der Waals surface area contributed by atoms with E-state index in [1.54, 1.807) is 0 Å². The number of hydrogen-bond donors (Lipinski definition) is 1. The van der Waals surface area contributed by atoms with Crippen LogP contribution in [-0.4, -0.2) is 18.4 Å². The standard InChI is InChI=1S/C20H19F3N2O2/c1-12-7-8-17(13(2)9-12)25-11-14(10-18(25)26)19(27)24-16-6-4-3-5-15(16)20(21,22)23/h3-9,14H,10-11H2,1-2H3,(H,24,27). The van der Waals surface area contributed by atoms with Gasteiger partial charge in [0.1, 0.15) is 0 Å². The fourth-order valence-corrected chi connectivity index (χ4v) is 3.30. The average Bonchev–Trinajstić information content (AvgIpc) is 2.96. The minimum absolute atomic E-state index is 0.0344. The summed E-state index contributed by atoms with van der Waals surface area (Å²) in [5.41, 5.74) is 1.48. The monoisotopic (exact) mass is 376 g/mol. The highest BCUT2D eigenvalue weighted by molar-refractivity contribution is 6.04. The number of anilines is 2. The Kier molecular flexibility index (Phi) is 4.95. The van der Waals surface area contributed by atoms with Crippen LogP contribution in [0.5, 0.6) is 0 Å². The van der Waals surface area contributed by atoms with Crippen LogP contribution in [0.1, 0.15) is 23.1 Å². The highest BCUT2D eigenvalue weighted by Gasteiger charge is 2.38. The minimum Gasteiger partial charge on any atom is -0.325 e. The maximum atomic E-state index is 13.1. The molecule has 0 aliphatic carbocycles. The number of nitrogens with zero attached hydrogens (tertiary/aromatic N) is 1. The lowest BCUT2D eigenvalue weighted by atomic mass is 10.1. The van der Waals surface area contributed by atoms with Gasteiger partial charge in [-0.2, -0.15) is 13.2 Å². The Morgan fingerprint density at radius 1 is 1.15 bits per heavy atom. The van der Waals surface area contributed by atoms with Crippen LogP contribution in [0.15, 0.2) is 42.5 Å². The first-order valence-electron chi connectivity index (χ1n) is 8.51. The lowest BCUT2D eigenvalue weighted by molar-refractivity contribution is -0.137. The minimum atomic E-state index is -4.57. The summed E-state index contributed by atoms with van der Waals surface area (Å²) in [6, 6.07) is 10.4. The summed E-state index contributed by atoms with van der Waals surface area (Å²) >= 11 is 0. The van der Waals surface area contributed by atoms with Crippen LogP contribution in [0.3, 0.4) is 0 Å². The van der Waals surface area contributed by atoms with Gasteiger partial charge < -0.3 is 10.2 Å². The molecular weight excluding hydrogens is 357 g/mol. The van der Waals surface area contributed by atoms with Gasteiger partial charge in [0, 0.05) is 18.7 Å². The fraction of sp³-hybridized carbons (Fsp3) is 0.300. The Bertz CT molecular complexity index is 893. The molecule has 142 valence electrons. The molecule has 7 heteroatoms. The molecule has 1 fully saturated rings. The van der Waals surface area contributed by atoms with Crippen LogP contribution in [0.4, 0.5) is 24.5 Å². The maximum Gasteiger partial charge on any atom is 0.418 e. The van der Waals surface area contributed by atoms with Gasteiger partial charge in [0.15, 0.2) is 0 Å². The van der Waals surface area contributed by atoms with Gasteiger partial charge in [0.25, 0.3) is 0 Å². The van der Waals surface area contributed by atoms with Crippen molar-refractivity contribution in [2.75, 3.05) is 16.8 Å². The van der Waals surface area contributed by atoms with E-state index in [2.05, 4.69) is 5.32 Å². The lowest BCUT2D eigenvalue weighted by Gasteiger charge is -2.20. The number of carbonyl (C=O) groups is 2. The SMILES string of the molecule is Cc1ccc(N2CC(C(=O)Nc3ccccc3C(F)(F)F)CC2=O)c(C)c1. The summed E-state index contributed by atoms with van der Waals surface area (Å²) in [5.74, 6) is -1.52. The summed E-state index contributed by atoms with van der Waals surface area (Å²) in [6.07, 6.45) is -4.60. The molecule has 1 aliphatic heterocycles. The van der Waals surface area contributed by atoms with Gasteiger partial charge in [-0.05, 0) is 37.6 Å². The zero-order chi connectivity index (χ0) is 19.8. The summed E-state index contributed by atoms with van der Waals surface area (Å²) in [7, 11) is 0. The smallest absolute Gasteiger partial charge is 0.325 e. The van der Waals surface area contributed by atoms with Gasteiger partial charge in [-0.15, -0.1) is 0 Å². The number of alkyl halides is 3. The van der Waals surface area contributed by atoms with Crippen molar-refractivity contribution in [2.45, 2.75) is 26.4 Å². The van der Waals surface area contributed by atoms with Crippen LogP contribution in [0.2, 0.25) is 0 Å². The van der Waals surface area contributed by atoms with Crippen LogP contribution < -0.4 is 10.2 Å². The summed E-state index contributed by atoms with van der Waals surface area (Å²) < 4.78 is 39.3. The van der Waals surface area contributed by atoms with Crippen molar-refractivity contribution in [1.29, 1.82) is 0 Å². The molecule has 2 amide bonds. The van der Waals surface area contributed by atoms with E-state index in [1.807, 2.05) is 32.0 Å². The second kappa shape index (κ2) is 7.06. The van der Waals surface area contributed by atoms with Crippen molar-refractivity contribution in [3.8, 4) is 0 Å². The average molecular weight is 376 g/mol. The van der Waals surface area contributed by atoms with Gasteiger partial charge in [-0.25, -0.2) is 0 Å². The zero-order valence-corrected chi connectivity index (χ0v) is 14.9. The van der Waals surface area contributed by atoms with Gasteiger partial charge in [0.05, 0.1) is 17.2 Å². The Balaban J connectivity index is 1.77. The molecule has 1 N–H and O–H groups in total. The number of para-hydroxylation sites is 1. The number of benzene rings is 2. The van der Waals surface area contributed by atoms with Gasteiger partial charge in [-0.3, -0.25) is 9.59 Å². The van der Waals surface area contributed by atoms with Crippen molar-refractivity contribution in [3.63, 3.8) is 0 Å². The topological polar surface area (TPSA) is 49.4 Å². The number of halogens is 3. The molecule has 1 unspecified atom stereocenters. The quantitative estimate of drug-likeness (QED) is 0.868. The van der Waals surface area contributed by atoms with E-state index in [9.17, 15) is 22.8 Å². The molecule has 0 bridgehead atoms. The molecule has 0 saturated carbocycles. The molecule has 1 aliphatic rings. The Morgan fingerprint density at radius 3 is 2.52 bits per heavy atom. The molecule has 2 aromatic rings. The molecule has 0 spiro atoms. The zero-order valence-electron chi connectivity index (χ0n) is 14.9. The first-order chi connectivity index (χ1) is 12.7. The fourth-order valence-electron chi connectivity index (χ4n) is 3.30. The summed E-state index contributed by atoms with van der Waals surface area (Å²) in [5, 5.41) is 2.34. The first kappa shape index (κ1) is 18.9. The van der Waals surface area contributed by atoms with Crippen LogP contribution >= 0.6 is 0 Å². The molecule has 0 radical (unpaired) electrons. The first-order valence-corrected chi connectivity index (χ1v) is 8.51. The van der Waals surface area contributed by atoms with Crippen LogP contribution in [0, 0.1) is 19.8 Å². The van der Waals surface area contributed by atoms with Gasteiger partial charge >= 0.3 is 6.18 Å². The van der Waals surface area contributed by atoms with Crippen molar-refractivity contribution in [3.05, 3.63) is 59.2 Å². The number of nitrogens with one attached hydrogen (secondary N) is 1. The Morgan fingerprint density at radius 2 is 1.85 bits per heavy atom. The third-order valence-corrected chi connectivity index (χ3v) is 4.63. The molecule has 27 heavy (non-hydrogen) atoms. The predicted octanol–water partition coefficient (Wildman–Crippen LogP) is 4.31. The lowest BCUT2D eigenvalue weighted by Crippen LogP contribution is -2.29. The summed E-state index contributed by atoms with van der Waals surface area (Å²) in [6.45, 7) is 3.96. The number of hydrogen-bond acceptors (Lipinski definition) is 2. The van der Waals surface area contributed by atoms with Crippen LogP contribution in [-0.2, 0) is 15.8 Å². The van der Waals surface area contributed by atoms with Gasteiger partial charge in [0.2, 0.25) is 11.8 Å². The molecule has 3 rings (SSSR count).